The molecule has 0 saturated heterocycles. The third-order valence-corrected chi connectivity index (χ3v) is 7.71. The molecule has 0 spiro atoms. The van der Waals surface area contributed by atoms with E-state index in [-0.39, 0.29) is 16.7 Å². The Morgan fingerprint density at radius 2 is 1.77 bits per heavy atom. The quantitative estimate of drug-likeness (QED) is 0.650. The third-order valence-electron chi connectivity index (χ3n) is 6.59. The number of rotatable bonds is 4. The van der Waals surface area contributed by atoms with E-state index in [9.17, 15) is 4.79 Å². The number of aromatic nitrogens is 2. The number of carbonyl (C=O) groups excluding carboxylic acids is 1. The van der Waals surface area contributed by atoms with Gasteiger partial charge in [-0.15, -0.1) is 0 Å². The van der Waals surface area contributed by atoms with Crippen LogP contribution in [0.4, 0.5) is 0 Å². The Balaban J connectivity index is 1.31. The van der Waals surface area contributed by atoms with Gasteiger partial charge in [0.1, 0.15) is 11.4 Å². The number of thioether (sulfide) groups is 1. The second-order valence-corrected chi connectivity index (χ2v) is 9.97. The van der Waals surface area contributed by atoms with Gasteiger partial charge in [-0.1, -0.05) is 30.0 Å². The molecule has 1 heterocycles. The molecule has 0 aliphatic heterocycles. The van der Waals surface area contributed by atoms with Gasteiger partial charge in [0.25, 0.3) is 0 Å². The van der Waals surface area contributed by atoms with Crippen molar-refractivity contribution in [2.24, 2.45) is 17.8 Å². The molecule has 1 atom stereocenters. The average Bonchev–Trinajstić information content (AvgIpc) is 2.60. The largest absolute Gasteiger partial charge is 0.350 e. The Kier molecular flexibility index (Phi) is 3.96. The van der Waals surface area contributed by atoms with Gasteiger partial charge in [0.15, 0.2) is 0 Å². The van der Waals surface area contributed by atoms with Crippen molar-refractivity contribution in [3.8, 4) is 0 Å². The van der Waals surface area contributed by atoms with Gasteiger partial charge in [-0.05, 0) is 69.3 Å². The van der Waals surface area contributed by atoms with Crippen molar-refractivity contribution in [3.63, 3.8) is 0 Å². The molecule has 6 rings (SSSR count). The summed E-state index contributed by atoms with van der Waals surface area (Å²) in [6.07, 6.45) is 9.36. The molecule has 136 valence electrons. The zero-order chi connectivity index (χ0) is 17.7. The van der Waals surface area contributed by atoms with Gasteiger partial charge in [0.2, 0.25) is 5.91 Å². The summed E-state index contributed by atoms with van der Waals surface area (Å²) in [7, 11) is 0. The Bertz CT molecular complexity index is 811. The van der Waals surface area contributed by atoms with E-state index in [1.165, 1.54) is 38.5 Å². The number of hydrogen-bond acceptors (Lipinski definition) is 4. The SMILES string of the molecule is CC(Sc1ncnc2ccccc12)C(=O)NC12CC3CC(CC(C3)C1)C2. The second kappa shape index (κ2) is 6.22. The summed E-state index contributed by atoms with van der Waals surface area (Å²) >= 11 is 1.55. The van der Waals surface area contributed by atoms with Crippen molar-refractivity contribution < 1.29 is 4.79 Å². The van der Waals surface area contributed by atoms with Crippen molar-refractivity contribution in [1.82, 2.24) is 15.3 Å². The number of benzene rings is 1. The number of hydrogen-bond donors (Lipinski definition) is 1. The van der Waals surface area contributed by atoms with Crippen LogP contribution in [-0.2, 0) is 4.79 Å². The highest BCUT2D eigenvalue weighted by Gasteiger charge is 2.51. The number of para-hydroxylation sites is 1. The third kappa shape index (κ3) is 2.90. The highest BCUT2D eigenvalue weighted by molar-refractivity contribution is 8.00. The first kappa shape index (κ1) is 16.5. The molecule has 1 aromatic heterocycles. The van der Waals surface area contributed by atoms with E-state index in [4.69, 9.17) is 0 Å². The Hall–Kier alpha value is -1.62. The summed E-state index contributed by atoms with van der Waals surface area (Å²) < 4.78 is 0. The minimum atomic E-state index is -0.152. The predicted molar refractivity (Wildman–Crippen MR) is 104 cm³/mol. The first-order valence-corrected chi connectivity index (χ1v) is 10.7. The van der Waals surface area contributed by atoms with E-state index in [0.717, 1.165) is 33.7 Å². The van der Waals surface area contributed by atoms with Crippen molar-refractivity contribution in [2.45, 2.75) is 61.3 Å². The molecule has 1 N–H and O–H groups in total. The lowest BCUT2D eigenvalue weighted by atomic mass is 9.53. The molecule has 4 nitrogen and oxygen atoms in total. The molecule has 4 fully saturated rings. The number of fused-ring (bicyclic) bond motifs is 1. The van der Waals surface area contributed by atoms with Crippen molar-refractivity contribution in [2.75, 3.05) is 0 Å². The van der Waals surface area contributed by atoms with Gasteiger partial charge in [-0.2, -0.15) is 0 Å². The molecule has 2 aromatic rings. The van der Waals surface area contributed by atoms with Crippen LogP contribution >= 0.6 is 11.8 Å². The second-order valence-electron chi connectivity index (χ2n) is 8.64. The number of nitrogens with one attached hydrogen (secondary N) is 1. The lowest BCUT2D eigenvalue weighted by molar-refractivity contribution is -0.126. The van der Waals surface area contributed by atoms with Crippen molar-refractivity contribution >= 4 is 28.6 Å². The van der Waals surface area contributed by atoms with Crippen LogP contribution in [0.5, 0.6) is 0 Å². The summed E-state index contributed by atoms with van der Waals surface area (Å²) in [6.45, 7) is 2.00. The molecule has 1 aromatic carbocycles. The van der Waals surface area contributed by atoms with Crippen LogP contribution in [0.3, 0.4) is 0 Å². The van der Waals surface area contributed by atoms with Gasteiger partial charge in [-0.25, -0.2) is 9.97 Å². The number of amides is 1. The first-order valence-electron chi connectivity index (χ1n) is 9.79. The van der Waals surface area contributed by atoms with E-state index in [1.54, 1.807) is 18.1 Å². The Labute approximate surface area is 158 Å². The molecule has 0 radical (unpaired) electrons. The molecule has 4 saturated carbocycles. The van der Waals surface area contributed by atoms with Crippen LogP contribution in [-0.4, -0.2) is 26.7 Å². The van der Waals surface area contributed by atoms with Crippen LogP contribution < -0.4 is 5.32 Å². The fourth-order valence-corrected chi connectivity index (χ4v) is 6.83. The van der Waals surface area contributed by atoms with E-state index in [0.29, 0.717) is 0 Å². The standard InChI is InChI=1S/C21H25N3OS/c1-13(26-20-17-4-2-3-5-18(17)22-12-23-20)19(25)24-21-9-14-6-15(10-21)8-16(7-14)11-21/h2-5,12-16H,6-11H2,1H3,(H,24,25). The van der Waals surface area contributed by atoms with Gasteiger partial charge in [0.05, 0.1) is 10.8 Å². The van der Waals surface area contributed by atoms with Crippen LogP contribution in [0.25, 0.3) is 10.9 Å². The summed E-state index contributed by atoms with van der Waals surface area (Å²) in [5, 5.41) is 5.25. The van der Waals surface area contributed by atoms with E-state index >= 15 is 0 Å². The average molecular weight is 368 g/mol. The summed E-state index contributed by atoms with van der Waals surface area (Å²) in [6, 6.07) is 7.99. The number of carbonyl (C=O) groups is 1. The van der Waals surface area contributed by atoms with Crippen molar-refractivity contribution in [3.05, 3.63) is 30.6 Å². The summed E-state index contributed by atoms with van der Waals surface area (Å²) in [4.78, 5) is 21.7. The topological polar surface area (TPSA) is 54.9 Å². The molecule has 26 heavy (non-hydrogen) atoms. The van der Waals surface area contributed by atoms with Crippen LogP contribution in [0.1, 0.15) is 45.4 Å². The fraction of sp³-hybridized carbons (Fsp3) is 0.571. The summed E-state index contributed by atoms with van der Waals surface area (Å²) in [5.74, 6) is 2.69. The van der Waals surface area contributed by atoms with Gasteiger partial charge in [0, 0.05) is 10.9 Å². The van der Waals surface area contributed by atoms with Crippen LogP contribution in [0.2, 0.25) is 0 Å². The lowest BCUT2D eigenvalue weighted by Gasteiger charge is -2.57. The Morgan fingerprint density at radius 3 is 2.46 bits per heavy atom. The van der Waals surface area contributed by atoms with Gasteiger partial charge >= 0.3 is 0 Å². The Morgan fingerprint density at radius 1 is 1.12 bits per heavy atom. The smallest absolute Gasteiger partial charge is 0.233 e. The monoisotopic (exact) mass is 367 g/mol. The number of nitrogens with zero attached hydrogens (tertiary/aromatic N) is 2. The molecule has 5 heteroatoms. The molecular formula is C21H25N3OS. The molecule has 1 unspecified atom stereocenters. The van der Waals surface area contributed by atoms with E-state index < -0.39 is 0 Å². The minimum absolute atomic E-state index is 0.0778. The maximum atomic E-state index is 13.0. The van der Waals surface area contributed by atoms with Crippen LogP contribution in [0, 0.1) is 17.8 Å². The fourth-order valence-electron chi connectivity index (χ4n) is 5.92. The molecule has 4 aliphatic rings. The predicted octanol–water partition coefficient (Wildman–Crippen LogP) is 4.20. The van der Waals surface area contributed by atoms with Crippen LogP contribution in [0.15, 0.2) is 35.6 Å². The molecule has 1 amide bonds. The summed E-state index contributed by atoms with van der Waals surface area (Å²) in [5.41, 5.74) is 1.01. The zero-order valence-corrected chi connectivity index (χ0v) is 16.0. The molecule has 4 bridgehead atoms. The van der Waals surface area contributed by atoms with Crippen molar-refractivity contribution in [1.29, 1.82) is 0 Å². The molecular weight excluding hydrogens is 342 g/mol. The maximum absolute atomic E-state index is 13.0. The highest BCUT2D eigenvalue weighted by Crippen LogP contribution is 2.55. The molecule has 4 aliphatic carbocycles. The maximum Gasteiger partial charge on any atom is 0.233 e. The van der Waals surface area contributed by atoms with Gasteiger partial charge < -0.3 is 5.32 Å². The lowest BCUT2D eigenvalue weighted by Crippen LogP contribution is -2.60. The van der Waals surface area contributed by atoms with E-state index in [2.05, 4.69) is 15.3 Å². The van der Waals surface area contributed by atoms with Gasteiger partial charge in [-0.3, -0.25) is 4.79 Å². The minimum Gasteiger partial charge on any atom is -0.350 e. The van der Waals surface area contributed by atoms with E-state index in [1.807, 2.05) is 31.2 Å². The normalized spacial score (nSPS) is 33.3. The highest BCUT2D eigenvalue weighted by atomic mass is 32.2. The zero-order valence-electron chi connectivity index (χ0n) is 15.1. The first-order chi connectivity index (χ1) is 12.6.